The molecule has 0 radical (unpaired) electrons. The predicted octanol–water partition coefficient (Wildman–Crippen LogP) is 3.38. The van der Waals surface area contributed by atoms with Gasteiger partial charge in [-0.15, -0.1) is 0 Å². The van der Waals surface area contributed by atoms with Gasteiger partial charge in [0.25, 0.3) is 0 Å². The van der Waals surface area contributed by atoms with Crippen molar-refractivity contribution in [2.24, 2.45) is 0 Å². The topological polar surface area (TPSA) is 55.4 Å². The van der Waals surface area contributed by atoms with Gasteiger partial charge in [-0.1, -0.05) is 23.9 Å². The fourth-order valence-electron chi connectivity index (χ4n) is 2.81. The molecule has 0 saturated heterocycles. The maximum atomic E-state index is 12.0. The molecule has 1 heterocycles. The van der Waals surface area contributed by atoms with Gasteiger partial charge in [-0.2, -0.15) is 0 Å². The molecular formula is C18H17NO3S. The molecule has 0 fully saturated rings. The molecule has 3 rings (SSSR count). The Hall–Kier alpha value is -2.27. The molecule has 118 valence electrons. The normalized spacial score (nSPS) is 14.0. The molecule has 0 aliphatic carbocycles. The number of fused-ring (bicyclic) bond motifs is 3. The second kappa shape index (κ2) is 6.08. The first-order chi connectivity index (χ1) is 11.0. The van der Waals surface area contributed by atoms with Crippen molar-refractivity contribution in [2.45, 2.75) is 18.2 Å². The molecule has 0 amide bonds. The van der Waals surface area contributed by atoms with Gasteiger partial charge < -0.3 is 10.1 Å². The number of nitrogens with one attached hydrogen (secondary N) is 1. The molecule has 1 N–H and O–H groups in total. The Labute approximate surface area is 138 Å². The van der Waals surface area contributed by atoms with E-state index >= 15 is 0 Å². The molecular weight excluding hydrogens is 310 g/mol. The SMILES string of the molecule is CN/C=C(/OC)c1cc2ccc(C(C)=O)cc2c2c1CC(=O)S2. The maximum Gasteiger partial charge on any atom is 0.198 e. The average Bonchev–Trinajstić information content (AvgIpc) is 2.93. The number of hydrogen-bond donors (Lipinski definition) is 1. The summed E-state index contributed by atoms with van der Waals surface area (Å²) >= 11 is 1.25. The van der Waals surface area contributed by atoms with Crippen LogP contribution in [0, 0.1) is 0 Å². The van der Waals surface area contributed by atoms with E-state index in [-0.39, 0.29) is 10.9 Å². The summed E-state index contributed by atoms with van der Waals surface area (Å²) in [7, 11) is 3.42. The van der Waals surface area contributed by atoms with Crippen LogP contribution in [0.25, 0.3) is 16.5 Å². The van der Waals surface area contributed by atoms with E-state index in [2.05, 4.69) is 5.32 Å². The summed E-state index contributed by atoms with van der Waals surface area (Å²) in [6.07, 6.45) is 2.15. The zero-order valence-corrected chi connectivity index (χ0v) is 14.0. The number of carbonyl (C=O) groups excluding carboxylic acids is 2. The maximum absolute atomic E-state index is 12.0. The first kappa shape index (κ1) is 15.6. The van der Waals surface area contributed by atoms with Crippen LogP contribution in [-0.2, 0) is 16.0 Å². The zero-order valence-electron chi connectivity index (χ0n) is 13.2. The first-order valence-corrected chi connectivity index (χ1v) is 8.10. The average molecular weight is 327 g/mol. The van der Waals surface area contributed by atoms with Crippen LogP contribution in [-0.4, -0.2) is 25.1 Å². The highest BCUT2D eigenvalue weighted by molar-refractivity contribution is 8.14. The van der Waals surface area contributed by atoms with Crippen LogP contribution in [0.3, 0.4) is 0 Å². The van der Waals surface area contributed by atoms with Gasteiger partial charge in [-0.05, 0) is 35.4 Å². The summed E-state index contributed by atoms with van der Waals surface area (Å²) < 4.78 is 5.47. The second-order valence-electron chi connectivity index (χ2n) is 5.38. The van der Waals surface area contributed by atoms with E-state index in [1.54, 1.807) is 27.3 Å². The van der Waals surface area contributed by atoms with Gasteiger partial charge in [-0.25, -0.2) is 0 Å². The number of ether oxygens (including phenoxy) is 1. The fourth-order valence-corrected chi connectivity index (χ4v) is 3.85. The highest BCUT2D eigenvalue weighted by atomic mass is 32.2. The lowest BCUT2D eigenvalue weighted by molar-refractivity contribution is -0.110. The third kappa shape index (κ3) is 2.72. The van der Waals surface area contributed by atoms with Crippen LogP contribution in [0.15, 0.2) is 35.4 Å². The van der Waals surface area contributed by atoms with Gasteiger partial charge in [-0.3, -0.25) is 9.59 Å². The number of carbonyl (C=O) groups is 2. The smallest absolute Gasteiger partial charge is 0.198 e. The van der Waals surface area contributed by atoms with Crippen molar-refractivity contribution in [3.8, 4) is 0 Å². The summed E-state index contributed by atoms with van der Waals surface area (Å²) in [5, 5.41) is 5.02. The van der Waals surface area contributed by atoms with Gasteiger partial charge in [0.2, 0.25) is 0 Å². The minimum absolute atomic E-state index is 0.0201. The summed E-state index contributed by atoms with van der Waals surface area (Å²) in [5.74, 6) is 0.711. The van der Waals surface area contributed by atoms with Gasteiger partial charge in [0, 0.05) is 35.7 Å². The molecule has 2 aromatic carbocycles. The van der Waals surface area contributed by atoms with Crippen LogP contribution in [0.1, 0.15) is 28.4 Å². The molecule has 1 aliphatic rings. The predicted molar refractivity (Wildman–Crippen MR) is 92.6 cm³/mol. The van der Waals surface area contributed by atoms with Gasteiger partial charge >= 0.3 is 0 Å². The number of methoxy groups -OCH3 is 1. The van der Waals surface area contributed by atoms with Crippen molar-refractivity contribution >= 4 is 39.2 Å². The van der Waals surface area contributed by atoms with E-state index in [0.29, 0.717) is 17.7 Å². The quantitative estimate of drug-likeness (QED) is 0.689. The van der Waals surface area contributed by atoms with Crippen molar-refractivity contribution in [1.82, 2.24) is 5.32 Å². The van der Waals surface area contributed by atoms with E-state index in [1.807, 2.05) is 24.3 Å². The molecule has 0 unspecified atom stereocenters. The van der Waals surface area contributed by atoms with Crippen molar-refractivity contribution < 1.29 is 14.3 Å². The van der Waals surface area contributed by atoms with Crippen molar-refractivity contribution in [2.75, 3.05) is 14.2 Å². The molecule has 1 aliphatic heterocycles. The molecule has 2 aromatic rings. The lowest BCUT2D eigenvalue weighted by Gasteiger charge is -2.14. The standard InChI is InChI=1S/C18H17NO3S/c1-10(20)11-4-5-12-7-14(16(22-3)9-19-2)15-8-17(21)23-18(15)13(12)6-11/h4-7,9,19H,8H2,1-3H3/b16-9+. The molecule has 0 aromatic heterocycles. The van der Waals surface area contributed by atoms with E-state index in [1.165, 1.54) is 11.8 Å². The number of ketones is 1. The molecule has 4 nitrogen and oxygen atoms in total. The van der Waals surface area contributed by atoms with Crippen LogP contribution in [0.5, 0.6) is 0 Å². The summed E-state index contributed by atoms with van der Waals surface area (Å²) in [5.41, 5.74) is 2.54. The van der Waals surface area contributed by atoms with E-state index < -0.39 is 0 Å². The Morgan fingerprint density at radius 3 is 2.78 bits per heavy atom. The number of Topliss-reactive ketones (excluding diaryl/α,β-unsaturated/α-hetero) is 1. The minimum Gasteiger partial charge on any atom is -0.495 e. The Morgan fingerprint density at radius 2 is 2.13 bits per heavy atom. The van der Waals surface area contributed by atoms with E-state index in [9.17, 15) is 9.59 Å². The van der Waals surface area contributed by atoms with Gasteiger partial charge in [0.05, 0.1) is 7.11 Å². The lowest BCUT2D eigenvalue weighted by atomic mass is 9.96. The molecule has 5 heteroatoms. The summed E-state index contributed by atoms with van der Waals surface area (Å²) in [4.78, 5) is 24.6. The number of thioether (sulfide) groups is 1. The number of rotatable bonds is 4. The monoisotopic (exact) mass is 327 g/mol. The van der Waals surface area contributed by atoms with Gasteiger partial charge in [0.1, 0.15) is 5.76 Å². The molecule has 0 spiro atoms. The molecule has 0 saturated carbocycles. The van der Waals surface area contributed by atoms with Crippen LogP contribution < -0.4 is 5.32 Å². The zero-order chi connectivity index (χ0) is 16.6. The van der Waals surface area contributed by atoms with Crippen molar-refractivity contribution in [1.29, 1.82) is 0 Å². The largest absolute Gasteiger partial charge is 0.495 e. The van der Waals surface area contributed by atoms with E-state index in [0.717, 1.165) is 26.8 Å². The van der Waals surface area contributed by atoms with Crippen molar-refractivity contribution in [3.05, 3.63) is 47.2 Å². The third-order valence-corrected chi connectivity index (χ3v) is 4.94. The Kier molecular flexibility index (Phi) is 4.13. The van der Waals surface area contributed by atoms with Crippen molar-refractivity contribution in [3.63, 3.8) is 0 Å². The molecule has 0 atom stereocenters. The lowest BCUT2D eigenvalue weighted by Crippen LogP contribution is -2.02. The van der Waals surface area contributed by atoms with Crippen LogP contribution >= 0.6 is 11.8 Å². The first-order valence-electron chi connectivity index (χ1n) is 7.28. The minimum atomic E-state index is 0.0201. The number of hydrogen-bond acceptors (Lipinski definition) is 5. The molecule has 0 bridgehead atoms. The highest BCUT2D eigenvalue weighted by Gasteiger charge is 2.27. The second-order valence-corrected chi connectivity index (χ2v) is 6.44. The summed E-state index contributed by atoms with van der Waals surface area (Å²) in [6, 6.07) is 7.63. The van der Waals surface area contributed by atoms with Gasteiger partial charge in [0.15, 0.2) is 10.9 Å². The van der Waals surface area contributed by atoms with Crippen LogP contribution in [0.2, 0.25) is 0 Å². The molecule has 23 heavy (non-hydrogen) atoms. The summed E-state index contributed by atoms with van der Waals surface area (Å²) in [6.45, 7) is 1.55. The van der Waals surface area contributed by atoms with E-state index in [4.69, 9.17) is 4.74 Å². The Bertz CT molecular complexity index is 855. The van der Waals surface area contributed by atoms with Crippen LogP contribution in [0.4, 0.5) is 0 Å². The Morgan fingerprint density at radius 1 is 1.35 bits per heavy atom. The fraction of sp³-hybridized carbons (Fsp3) is 0.222. The number of benzene rings is 2. The third-order valence-electron chi connectivity index (χ3n) is 3.90. The highest BCUT2D eigenvalue weighted by Crippen LogP contribution is 2.42. The Balaban J connectivity index is 2.31.